The average Bonchev–Trinajstić information content (AvgIpc) is 3.46. The molecular weight excluding hydrogens is 474 g/mol. The number of fused-ring (bicyclic) bond motifs is 1. The molecule has 11 nitrogen and oxygen atoms in total. The molecule has 35 heavy (non-hydrogen) atoms. The van der Waals surface area contributed by atoms with Crippen LogP contribution in [0.5, 0.6) is 0 Å². The van der Waals surface area contributed by atoms with Gasteiger partial charge >= 0.3 is 17.3 Å². The van der Waals surface area contributed by atoms with E-state index in [0.717, 1.165) is 33.0 Å². The van der Waals surface area contributed by atoms with Gasteiger partial charge in [-0.2, -0.15) is 0 Å². The SMILES string of the molecule is COC(=O)[C@@H]1N=C(SC)[C@@]2(n3[nH]c(=O)n(-c4ccccc4)c3=O)C(=O)N(c3ccccc3)C(=O)[C@@H]12. The molecule has 0 bridgehead atoms. The number of aromatic amines is 1. The largest absolute Gasteiger partial charge is 0.467 e. The van der Waals surface area contributed by atoms with Gasteiger partial charge in [-0.1, -0.05) is 36.4 Å². The van der Waals surface area contributed by atoms with Gasteiger partial charge in [0.2, 0.25) is 11.4 Å². The Labute approximate surface area is 202 Å². The second-order valence-corrected chi connectivity index (χ2v) is 8.67. The Morgan fingerprint density at radius 3 is 2.17 bits per heavy atom. The lowest BCUT2D eigenvalue weighted by atomic mass is 9.84. The van der Waals surface area contributed by atoms with Crippen LogP contribution in [0.1, 0.15) is 0 Å². The van der Waals surface area contributed by atoms with Crippen LogP contribution in [0.3, 0.4) is 0 Å². The molecule has 1 saturated heterocycles. The van der Waals surface area contributed by atoms with Crippen molar-refractivity contribution in [3.05, 3.63) is 81.6 Å². The fourth-order valence-corrected chi connectivity index (χ4v) is 5.54. The second kappa shape index (κ2) is 8.24. The highest BCUT2D eigenvalue weighted by atomic mass is 32.2. The first kappa shape index (κ1) is 22.6. The van der Waals surface area contributed by atoms with Gasteiger partial charge in [-0.15, -0.1) is 11.8 Å². The van der Waals surface area contributed by atoms with Crippen LogP contribution in [0.15, 0.2) is 75.2 Å². The van der Waals surface area contributed by atoms with Crippen molar-refractivity contribution in [3.8, 4) is 5.69 Å². The molecule has 1 aromatic heterocycles. The predicted molar refractivity (Wildman–Crippen MR) is 128 cm³/mol. The third-order valence-electron chi connectivity index (χ3n) is 6.17. The van der Waals surface area contributed by atoms with E-state index in [2.05, 4.69) is 10.1 Å². The van der Waals surface area contributed by atoms with Crippen LogP contribution in [0.4, 0.5) is 5.69 Å². The molecule has 12 heteroatoms. The third kappa shape index (κ3) is 2.99. The van der Waals surface area contributed by atoms with Crippen molar-refractivity contribution >= 4 is 40.3 Å². The Bertz CT molecular complexity index is 1490. The van der Waals surface area contributed by atoms with Crippen molar-refractivity contribution in [2.75, 3.05) is 18.3 Å². The zero-order chi connectivity index (χ0) is 24.9. The number of carbonyl (C=O) groups excluding carboxylic acids is 3. The van der Waals surface area contributed by atoms with Crippen LogP contribution in [0, 0.1) is 5.92 Å². The molecule has 0 radical (unpaired) electrons. The van der Waals surface area contributed by atoms with Crippen LogP contribution < -0.4 is 16.3 Å². The summed E-state index contributed by atoms with van der Waals surface area (Å²) in [5, 5.41) is 2.49. The maximum Gasteiger partial charge on any atom is 0.353 e. The van der Waals surface area contributed by atoms with E-state index in [1.807, 2.05) is 0 Å². The van der Waals surface area contributed by atoms with Crippen molar-refractivity contribution in [1.29, 1.82) is 0 Å². The van der Waals surface area contributed by atoms with Gasteiger partial charge in [0.15, 0.2) is 6.04 Å². The van der Waals surface area contributed by atoms with Crippen molar-refractivity contribution in [3.63, 3.8) is 0 Å². The molecule has 2 amide bonds. The minimum atomic E-state index is -2.07. The minimum Gasteiger partial charge on any atom is -0.467 e. The number of nitrogens with one attached hydrogen (secondary N) is 1. The average molecular weight is 494 g/mol. The summed E-state index contributed by atoms with van der Waals surface area (Å²) in [6.07, 6.45) is 1.61. The molecule has 1 N–H and O–H groups in total. The molecule has 0 aliphatic carbocycles. The number of H-pyrrole nitrogens is 1. The molecular formula is C23H19N5O6S. The molecule has 0 spiro atoms. The molecule has 3 heterocycles. The fraction of sp³-hybridized carbons (Fsp3) is 0.217. The van der Waals surface area contributed by atoms with E-state index >= 15 is 0 Å². The fourth-order valence-electron chi connectivity index (χ4n) is 4.70. The monoisotopic (exact) mass is 493 g/mol. The van der Waals surface area contributed by atoms with Crippen molar-refractivity contribution in [2.24, 2.45) is 10.9 Å². The first-order valence-corrected chi connectivity index (χ1v) is 11.7. The quantitative estimate of drug-likeness (QED) is 0.414. The molecule has 3 aromatic rings. The number of nitrogens with zero attached hydrogens (tertiary/aromatic N) is 4. The normalized spacial score (nSPS) is 23.4. The van der Waals surface area contributed by atoms with Crippen molar-refractivity contribution < 1.29 is 19.1 Å². The highest BCUT2D eigenvalue weighted by Gasteiger charge is 2.72. The molecule has 3 atom stereocenters. The van der Waals surface area contributed by atoms with Gasteiger partial charge in [0.25, 0.3) is 5.91 Å². The van der Waals surface area contributed by atoms with Crippen LogP contribution in [-0.4, -0.2) is 56.6 Å². The summed E-state index contributed by atoms with van der Waals surface area (Å²) in [7, 11) is 1.15. The lowest BCUT2D eigenvalue weighted by molar-refractivity contribution is -0.145. The molecule has 5 rings (SSSR count). The number of esters is 1. The number of para-hydroxylation sites is 2. The Kier molecular flexibility index (Phi) is 5.32. The number of aliphatic imine (C=N–C) groups is 1. The number of benzene rings is 2. The number of rotatable bonds is 4. The van der Waals surface area contributed by atoms with E-state index in [1.54, 1.807) is 66.9 Å². The number of thioether (sulfide) groups is 1. The van der Waals surface area contributed by atoms with E-state index in [-0.39, 0.29) is 16.4 Å². The van der Waals surface area contributed by atoms with Crippen LogP contribution in [0.2, 0.25) is 0 Å². The maximum absolute atomic E-state index is 14.1. The molecule has 0 saturated carbocycles. The number of anilines is 1. The molecule has 2 aromatic carbocycles. The Hall–Kier alpha value is -4.19. The van der Waals surface area contributed by atoms with Gasteiger partial charge in [0.05, 0.1) is 18.5 Å². The summed E-state index contributed by atoms with van der Waals surface area (Å²) in [6.45, 7) is 0. The minimum absolute atomic E-state index is 0.0400. The first-order chi connectivity index (χ1) is 16.9. The number of methoxy groups -OCH3 is 1. The van der Waals surface area contributed by atoms with Crippen molar-refractivity contribution in [1.82, 2.24) is 14.3 Å². The predicted octanol–water partition coefficient (Wildman–Crippen LogP) is 0.529. The summed E-state index contributed by atoms with van der Waals surface area (Å²) >= 11 is 1.01. The van der Waals surface area contributed by atoms with Crippen LogP contribution in [-0.2, 0) is 24.7 Å². The number of amides is 2. The molecule has 0 unspecified atom stereocenters. The zero-order valence-electron chi connectivity index (χ0n) is 18.6. The van der Waals surface area contributed by atoms with Gasteiger partial charge in [-0.25, -0.2) is 33.6 Å². The third-order valence-corrected chi connectivity index (χ3v) is 6.98. The standard InChI is InChI=1S/C23H19N5O6S/c1-34-18(30)16-15-17(29)26(13-9-5-3-6-10-13)20(31)23(15,19(24-16)35-2)28-22(33)27(21(32)25-28)14-11-7-4-8-12-14/h3-12,15-16H,1-2H3,(H,25,32)/t15-,16-,23-/m1/s1. The number of hydrogen-bond acceptors (Lipinski definition) is 8. The molecule has 178 valence electrons. The van der Waals surface area contributed by atoms with Gasteiger partial charge in [-0.05, 0) is 30.5 Å². The van der Waals surface area contributed by atoms with Gasteiger partial charge in [0.1, 0.15) is 11.0 Å². The van der Waals surface area contributed by atoms with E-state index in [0.29, 0.717) is 0 Å². The zero-order valence-corrected chi connectivity index (χ0v) is 19.4. The van der Waals surface area contributed by atoms with Crippen LogP contribution in [0.25, 0.3) is 5.69 Å². The second-order valence-electron chi connectivity index (χ2n) is 7.87. The summed E-state index contributed by atoms with van der Waals surface area (Å²) in [4.78, 5) is 72.4. The van der Waals surface area contributed by atoms with E-state index in [1.165, 1.54) is 0 Å². The van der Waals surface area contributed by atoms with Crippen LogP contribution >= 0.6 is 11.8 Å². The summed E-state index contributed by atoms with van der Waals surface area (Å²) in [5.74, 6) is -3.81. The molecule has 1 fully saturated rings. The van der Waals surface area contributed by atoms with E-state index < -0.39 is 46.7 Å². The van der Waals surface area contributed by atoms with E-state index in [4.69, 9.17) is 4.74 Å². The number of imide groups is 1. The Morgan fingerprint density at radius 1 is 1.00 bits per heavy atom. The number of carbonyl (C=O) groups is 3. The summed E-state index contributed by atoms with van der Waals surface area (Å²) in [5.41, 5.74) is -3.23. The highest BCUT2D eigenvalue weighted by molar-refractivity contribution is 8.13. The molecule has 2 aliphatic rings. The number of hydrogen-bond donors (Lipinski definition) is 1. The van der Waals surface area contributed by atoms with Gasteiger partial charge in [-0.3, -0.25) is 14.6 Å². The number of aromatic nitrogens is 3. The first-order valence-electron chi connectivity index (χ1n) is 10.5. The smallest absolute Gasteiger partial charge is 0.353 e. The molecule has 2 aliphatic heterocycles. The topological polar surface area (TPSA) is 136 Å². The summed E-state index contributed by atoms with van der Waals surface area (Å²) in [6, 6.07) is 14.9. The Morgan fingerprint density at radius 2 is 1.60 bits per heavy atom. The Balaban J connectivity index is 1.81. The van der Waals surface area contributed by atoms with E-state index in [9.17, 15) is 24.0 Å². The highest BCUT2D eigenvalue weighted by Crippen LogP contribution is 2.48. The lowest BCUT2D eigenvalue weighted by Gasteiger charge is -2.27. The lowest BCUT2D eigenvalue weighted by Crippen LogP contribution is -2.55. The van der Waals surface area contributed by atoms with Gasteiger partial charge in [0, 0.05) is 0 Å². The van der Waals surface area contributed by atoms with Gasteiger partial charge < -0.3 is 4.74 Å². The summed E-state index contributed by atoms with van der Waals surface area (Å²) < 4.78 is 6.55. The number of ether oxygens (including phenoxy) is 1. The maximum atomic E-state index is 14.1. The van der Waals surface area contributed by atoms with Crippen molar-refractivity contribution in [2.45, 2.75) is 11.6 Å².